The van der Waals surface area contributed by atoms with E-state index in [4.69, 9.17) is 14.3 Å². The van der Waals surface area contributed by atoms with Gasteiger partial charge in [0.1, 0.15) is 0 Å². The zero-order valence-corrected chi connectivity index (χ0v) is 27.9. The Morgan fingerprint density at radius 1 is 0.821 bits per heavy atom. The summed E-state index contributed by atoms with van der Waals surface area (Å²) in [5.41, 5.74) is 1.39. The van der Waals surface area contributed by atoms with Gasteiger partial charge in [0.25, 0.3) is 0 Å². The van der Waals surface area contributed by atoms with E-state index in [1.54, 1.807) is 0 Å². The van der Waals surface area contributed by atoms with Crippen molar-refractivity contribution in [2.75, 3.05) is 6.61 Å². The van der Waals surface area contributed by atoms with Gasteiger partial charge in [0.15, 0.2) is 0 Å². The third kappa shape index (κ3) is 16.3. The molecule has 1 rings (SSSR count). The first kappa shape index (κ1) is 37.0. The van der Waals surface area contributed by atoms with Crippen molar-refractivity contribution < 1.29 is 32.6 Å². The van der Waals surface area contributed by atoms with Crippen molar-refractivity contribution in [1.29, 1.82) is 0 Å². The van der Waals surface area contributed by atoms with Gasteiger partial charge in [-0.15, -0.1) is 0 Å². The molecule has 1 fully saturated rings. The Bertz CT molecular complexity index is 820. The van der Waals surface area contributed by atoms with Gasteiger partial charge in [0.2, 0.25) is 0 Å². The van der Waals surface area contributed by atoms with Crippen LogP contribution < -0.4 is 0 Å². The molecule has 0 saturated heterocycles. The van der Waals surface area contributed by atoms with Crippen LogP contribution in [-0.2, 0) is 18.0 Å². The average Bonchev–Trinajstić information content (AvgIpc) is 3.31. The summed E-state index contributed by atoms with van der Waals surface area (Å²) >= 11 is 0. The number of allylic oxidation sites excluding steroid dienone is 2. The van der Waals surface area contributed by atoms with Crippen molar-refractivity contribution in [3.8, 4) is 0 Å². The van der Waals surface area contributed by atoms with Crippen LogP contribution in [0.25, 0.3) is 0 Å². The molecule has 0 aromatic rings. The van der Waals surface area contributed by atoms with Crippen molar-refractivity contribution >= 4 is 15.6 Å². The summed E-state index contributed by atoms with van der Waals surface area (Å²) in [6, 6.07) is 0. The van der Waals surface area contributed by atoms with Gasteiger partial charge >= 0.3 is 15.6 Å². The summed E-state index contributed by atoms with van der Waals surface area (Å²) in [7, 11) is -9.93. The maximum Gasteiger partial charge on any atom is 0.481 e. The second-order valence-electron chi connectivity index (χ2n) is 13.6. The summed E-state index contributed by atoms with van der Waals surface area (Å²) in [5, 5.41) is 0. The van der Waals surface area contributed by atoms with Gasteiger partial charge in [-0.05, 0) is 80.5 Å². The van der Waals surface area contributed by atoms with Gasteiger partial charge in [0.05, 0.1) is 6.61 Å². The molecule has 9 heteroatoms. The van der Waals surface area contributed by atoms with Crippen LogP contribution in [0.4, 0.5) is 0 Å². The first-order chi connectivity index (χ1) is 17.9. The average molecular weight is 595 g/mol. The highest BCUT2D eigenvalue weighted by Crippen LogP contribution is 2.66. The van der Waals surface area contributed by atoms with E-state index in [0.717, 1.165) is 37.5 Å². The van der Waals surface area contributed by atoms with Crippen molar-refractivity contribution in [2.24, 2.45) is 40.9 Å². The molecule has 0 aromatic heterocycles. The molecule has 4 unspecified atom stereocenters. The lowest BCUT2D eigenvalue weighted by atomic mass is 9.88. The molecule has 1 aliphatic carbocycles. The van der Waals surface area contributed by atoms with E-state index >= 15 is 0 Å². The lowest BCUT2D eigenvalue weighted by molar-refractivity contribution is 0.165. The van der Waals surface area contributed by atoms with Crippen molar-refractivity contribution in [3.63, 3.8) is 0 Å². The third-order valence-electron chi connectivity index (χ3n) is 8.85. The Kier molecular flexibility index (Phi) is 16.3. The first-order valence-electron chi connectivity index (χ1n) is 15.3. The number of phosphoric acid groups is 2. The summed E-state index contributed by atoms with van der Waals surface area (Å²) < 4.78 is 32.3. The fraction of sp³-hybridized carbons (Fsp3) is 0.933. The van der Waals surface area contributed by atoms with Crippen LogP contribution in [0, 0.1) is 40.9 Å². The Labute approximate surface area is 239 Å². The second-order valence-corrected chi connectivity index (χ2v) is 16.4. The Balaban J connectivity index is 2.63. The van der Waals surface area contributed by atoms with Crippen LogP contribution in [0.5, 0.6) is 0 Å². The van der Waals surface area contributed by atoms with Gasteiger partial charge in [-0.2, -0.15) is 4.31 Å². The molecule has 1 aliphatic rings. The molecular weight excluding hydrogens is 534 g/mol. The molecule has 39 heavy (non-hydrogen) atoms. The summed E-state index contributed by atoms with van der Waals surface area (Å²) in [6.45, 7) is 18.0. The molecule has 0 amide bonds. The molecule has 232 valence electrons. The molecular formula is C30H60O7P2. The standard InChI is InChI=1S/C30H60O7P2/c1-23(2)13-9-15-25(5)17-11-18-27(7)21-28-29(22-36-39(34,35)37-38(31,32)33)30(28,8)20-12-19-26(6)16-10-14-24(3)4/h13,24-29H,9-12,14-22H2,1-8H3,(H,34,35)(H2,31,32,33)/t25?,26?,27?,28-,29-,30-/m1/s1. The minimum absolute atomic E-state index is 0.00563. The Morgan fingerprint density at radius 2 is 1.36 bits per heavy atom. The van der Waals surface area contributed by atoms with E-state index in [9.17, 15) is 14.0 Å². The number of phosphoric ester groups is 1. The first-order valence-corrected chi connectivity index (χ1v) is 18.3. The van der Waals surface area contributed by atoms with Crippen LogP contribution in [0.15, 0.2) is 11.6 Å². The molecule has 1 saturated carbocycles. The minimum Gasteiger partial charge on any atom is -0.302 e. The van der Waals surface area contributed by atoms with Crippen LogP contribution in [0.1, 0.15) is 132 Å². The Morgan fingerprint density at radius 3 is 1.92 bits per heavy atom. The molecule has 0 aromatic carbocycles. The normalized spacial score (nSPS) is 25.2. The Hall–Kier alpha value is -0.0000000000000000416. The van der Waals surface area contributed by atoms with Gasteiger partial charge < -0.3 is 14.7 Å². The van der Waals surface area contributed by atoms with E-state index in [2.05, 4.69) is 65.8 Å². The van der Waals surface area contributed by atoms with E-state index in [0.29, 0.717) is 17.8 Å². The van der Waals surface area contributed by atoms with E-state index < -0.39 is 15.6 Å². The van der Waals surface area contributed by atoms with Crippen molar-refractivity contribution in [1.82, 2.24) is 0 Å². The van der Waals surface area contributed by atoms with Crippen LogP contribution >= 0.6 is 15.6 Å². The van der Waals surface area contributed by atoms with Gasteiger partial charge in [0, 0.05) is 0 Å². The SMILES string of the molecule is CC(C)=CCCC(C)CCCC(C)C[C@@H]1[C@@H](COP(=O)(O)OP(=O)(O)O)[C@]1(C)CCCC(C)CCCC(C)C. The maximum atomic E-state index is 12.1. The predicted octanol–water partition coefficient (Wildman–Crippen LogP) is 9.68. The quantitative estimate of drug-likeness (QED) is 0.0844. The fourth-order valence-corrected chi connectivity index (χ4v) is 7.84. The van der Waals surface area contributed by atoms with Gasteiger partial charge in [-0.3, -0.25) is 4.52 Å². The lowest BCUT2D eigenvalue weighted by Crippen LogP contribution is -2.06. The summed E-state index contributed by atoms with van der Waals surface area (Å²) in [6.07, 6.45) is 16.5. The van der Waals surface area contributed by atoms with Gasteiger partial charge in [-0.1, -0.05) is 105 Å². The molecule has 0 spiro atoms. The number of rotatable bonds is 22. The molecule has 3 N–H and O–H groups in total. The zero-order chi connectivity index (χ0) is 29.9. The van der Waals surface area contributed by atoms with Crippen LogP contribution in [0.2, 0.25) is 0 Å². The molecule has 7 atom stereocenters. The third-order valence-corrected chi connectivity index (χ3v) is 11.0. The monoisotopic (exact) mass is 594 g/mol. The highest BCUT2D eigenvalue weighted by Gasteiger charge is 2.60. The highest BCUT2D eigenvalue weighted by atomic mass is 31.3. The number of hydrogen-bond acceptors (Lipinski definition) is 4. The molecule has 0 aliphatic heterocycles. The number of hydrogen-bond donors (Lipinski definition) is 3. The smallest absolute Gasteiger partial charge is 0.302 e. The van der Waals surface area contributed by atoms with Gasteiger partial charge in [-0.25, -0.2) is 9.13 Å². The highest BCUT2D eigenvalue weighted by molar-refractivity contribution is 7.60. The predicted molar refractivity (Wildman–Crippen MR) is 161 cm³/mol. The van der Waals surface area contributed by atoms with Crippen LogP contribution in [-0.4, -0.2) is 21.3 Å². The van der Waals surface area contributed by atoms with E-state index in [1.807, 2.05) is 0 Å². The largest absolute Gasteiger partial charge is 0.481 e. The van der Waals surface area contributed by atoms with Crippen molar-refractivity contribution in [3.05, 3.63) is 11.6 Å². The van der Waals surface area contributed by atoms with Crippen LogP contribution in [0.3, 0.4) is 0 Å². The van der Waals surface area contributed by atoms with E-state index in [-0.39, 0.29) is 17.9 Å². The topological polar surface area (TPSA) is 113 Å². The molecule has 7 nitrogen and oxygen atoms in total. The molecule has 0 heterocycles. The summed E-state index contributed by atoms with van der Waals surface area (Å²) in [4.78, 5) is 27.7. The second kappa shape index (κ2) is 17.2. The lowest BCUT2D eigenvalue weighted by Gasteiger charge is -2.18. The minimum atomic E-state index is -5.12. The fourth-order valence-electron chi connectivity index (χ4n) is 6.22. The zero-order valence-electron chi connectivity index (χ0n) is 26.1. The van der Waals surface area contributed by atoms with E-state index in [1.165, 1.54) is 56.9 Å². The van der Waals surface area contributed by atoms with Crippen molar-refractivity contribution in [2.45, 2.75) is 132 Å². The molecule has 0 bridgehead atoms. The molecule has 0 radical (unpaired) electrons. The maximum absolute atomic E-state index is 12.1. The summed E-state index contributed by atoms with van der Waals surface area (Å²) in [5.74, 6) is 3.15.